The Kier molecular flexibility index (Phi) is 4.90. The van der Waals surface area contributed by atoms with Crippen LogP contribution in [-0.2, 0) is 14.8 Å². The number of nitrogens with one attached hydrogen (secondary N) is 1. The molecule has 0 saturated carbocycles. The lowest BCUT2D eigenvalue weighted by molar-refractivity contribution is -0.138. The second kappa shape index (κ2) is 6.03. The third-order valence-corrected chi connectivity index (χ3v) is 4.00. The van der Waals surface area contributed by atoms with Gasteiger partial charge in [0.2, 0.25) is 10.0 Å². The monoisotopic (exact) mass is 287 g/mol. The Balaban J connectivity index is 3.02. The predicted molar refractivity (Wildman–Crippen MR) is 69.8 cm³/mol. The summed E-state index contributed by atoms with van der Waals surface area (Å²) < 4.78 is 31.3. The molecular weight excluding hydrogens is 270 g/mol. The molecule has 0 fully saturated rings. The van der Waals surface area contributed by atoms with Gasteiger partial charge in [0.15, 0.2) is 0 Å². The Hall–Kier alpha value is -1.60. The summed E-state index contributed by atoms with van der Waals surface area (Å²) >= 11 is 0. The first kappa shape index (κ1) is 15.5. The molecule has 0 aliphatic heterocycles. The normalized spacial score (nSPS) is 13.0. The molecule has 0 spiro atoms. The summed E-state index contributed by atoms with van der Waals surface area (Å²) in [5.74, 6) is -0.626. The SMILES string of the molecule is CCOc1ccc(S(=O)(=O)N[C@H](C)C(=O)O)cc1C. The highest BCUT2D eigenvalue weighted by Crippen LogP contribution is 2.21. The maximum Gasteiger partial charge on any atom is 0.321 e. The van der Waals surface area contributed by atoms with Crippen molar-refractivity contribution in [3.8, 4) is 5.75 Å². The molecule has 1 aromatic carbocycles. The number of hydrogen-bond donors (Lipinski definition) is 2. The summed E-state index contributed by atoms with van der Waals surface area (Å²) in [6.45, 7) is 5.31. The second-order valence-corrected chi connectivity index (χ2v) is 5.76. The number of carboxylic acids is 1. The van der Waals surface area contributed by atoms with E-state index < -0.39 is 22.0 Å². The molecule has 0 saturated heterocycles. The number of aliphatic carboxylic acids is 1. The van der Waals surface area contributed by atoms with E-state index in [0.29, 0.717) is 17.9 Å². The summed E-state index contributed by atoms with van der Waals surface area (Å²) in [6, 6.07) is 3.20. The van der Waals surface area contributed by atoms with Gasteiger partial charge in [-0.15, -0.1) is 0 Å². The van der Waals surface area contributed by atoms with Crippen LogP contribution < -0.4 is 9.46 Å². The molecule has 19 heavy (non-hydrogen) atoms. The maximum atomic E-state index is 12.0. The van der Waals surface area contributed by atoms with E-state index in [2.05, 4.69) is 4.72 Å². The molecule has 2 N–H and O–H groups in total. The predicted octanol–water partition coefficient (Wildman–Crippen LogP) is 1.15. The maximum absolute atomic E-state index is 12.0. The van der Waals surface area contributed by atoms with Crippen molar-refractivity contribution in [3.63, 3.8) is 0 Å². The van der Waals surface area contributed by atoms with Crippen molar-refractivity contribution in [1.29, 1.82) is 0 Å². The van der Waals surface area contributed by atoms with Crippen LogP contribution in [0.5, 0.6) is 5.75 Å². The third-order valence-electron chi connectivity index (χ3n) is 2.46. The zero-order valence-electron chi connectivity index (χ0n) is 11.0. The van der Waals surface area contributed by atoms with Crippen LogP contribution in [-0.4, -0.2) is 32.1 Å². The summed E-state index contributed by atoms with van der Waals surface area (Å²) in [5, 5.41) is 8.71. The number of aryl methyl sites for hydroxylation is 1. The first-order valence-corrected chi connectivity index (χ1v) is 7.25. The molecular formula is C12H17NO5S. The molecule has 0 aromatic heterocycles. The standard InChI is InChI=1S/C12H17NO5S/c1-4-18-11-6-5-10(7-8(11)2)19(16,17)13-9(3)12(14)15/h5-7,9,13H,4H2,1-3H3,(H,14,15)/t9-/m1/s1. The van der Waals surface area contributed by atoms with E-state index in [1.165, 1.54) is 19.1 Å². The van der Waals surface area contributed by atoms with Crippen LogP contribution in [0.15, 0.2) is 23.1 Å². The molecule has 1 aromatic rings. The van der Waals surface area contributed by atoms with Gasteiger partial charge in [0.05, 0.1) is 11.5 Å². The van der Waals surface area contributed by atoms with Gasteiger partial charge in [-0.3, -0.25) is 4.79 Å². The number of hydrogen-bond acceptors (Lipinski definition) is 4. The lowest BCUT2D eigenvalue weighted by Crippen LogP contribution is -2.38. The Morgan fingerprint density at radius 2 is 2.11 bits per heavy atom. The van der Waals surface area contributed by atoms with E-state index in [1.54, 1.807) is 13.0 Å². The fourth-order valence-electron chi connectivity index (χ4n) is 1.46. The Morgan fingerprint density at radius 1 is 1.47 bits per heavy atom. The van der Waals surface area contributed by atoms with Crippen molar-refractivity contribution in [2.75, 3.05) is 6.61 Å². The largest absolute Gasteiger partial charge is 0.494 e. The van der Waals surface area contributed by atoms with Gasteiger partial charge in [-0.2, -0.15) is 4.72 Å². The summed E-state index contributed by atoms with van der Waals surface area (Å²) in [5.41, 5.74) is 0.674. The van der Waals surface area contributed by atoms with Crippen molar-refractivity contribution < 1.29 is 23.1 Å². The van der Waals surface area contributed by atoms with Crippen molar-refractivity contribution in [1.82, 2.24) is 4.72 Å². The highest BCUT2D eigenvalue weighted by Gasteiger charge is 2.21. The van der Waals surface area contributed by atoms with Crippen molar-refractivity contribution in [2.24, 2.45) is 0 Å². The number of benzene rings is 1. The van der Waals surface area contributed by atoms with Crippen LogP contribution in [0, 0.1) is 6.92 Å². The highest BCUT2D eigenvalue weighted by molar-refractivity contribution is 7.89. The quantitative estimate of drug-likeness (QED) is 0.818. The van der Waals surface area contributed by atoms with E-state index in [0.717, 1.165) is 0 Å². The molecule has 106 valence electrons. The lowest BCUT2D eigenvalue weighted by Gasteiger charge is -2.12. The average Bonchev–Trinajstić information content (AvgIpc) is 2.31. The minimum Gasteiger partial charge on any atom is -0.494 e. The number of sulfonamides is 1. The van der Waals surface area contributed by atoms with Crippen LogP contribution in [0.1, 0.15) is 19.4 Å². The van der Waals surface area contributed by atoms with Crippen molar-refractivity contribution in [2.45, 2.75) is 31.7 Å². The molecule has 0 radical (unpaired) electrons. The van der Waals surface area contributed by atoms with Crippen molar-refractivity contribution in [3.05, 3.63) is 23.8 Å². The number of carbonyl (C=O) groups is 1. The van der Waals surface area contributed by atoms with Gasteiger partial charge in [0, 0.05) is 0 Å². The zero-order valence-corrected chi connectivity index (χ0v) is 11.8. The molecule has 0 aliphatic carbocycles. The fourth-order valence-corrected chi connectivity index (χ4v) is 2.74. The molecule has 7 heteroatoms. The summed E-state index contributed by atoms with van der Waals surface area (Å²) in [4.78, 5) is 10.7. The molecule has 1 atom stereocenters. The number of rotatable bonds is 6. The van der Waals surface area contributed by atoms with Crippen molar-refractivity contribution >= 4 is 16.0 Å². The van der Waals surface area contributed by atoms with Crippen LogP contribution in [0.25, 0.3) is 0 Å². The van der Waals surface area contributed by atoms with Crippen LogP contribution in [0.4, 0.5) is 0 Å². The van der Waals surface area contributed by atoms with Gasteiger partial charge in [-0.05, 0) is 44.5 Å². The second-order valence-electron chi connectivity index (χ2n) is 4.04. The summed E-state index contributed by atoms with van der Waals surface area (Å²) in [6.07, 6.45) is 0. The van der Waals surface area contributed by atoms with E-state index in [9.17, 15) is 13.2 Å². The molecule has 6 nitrogen and oxygen atoms in total. The highest BCUT2D eigenvalue weighted by atomic mass is 32.2. The van der Waals surface area contributed by atoms with Crippen LogP contribution >= 0.6 is 0 Å². The number of ether oxygens (including phenoxy) is 1. The third kappa shape index (κ3) is 3.93. The smallest absolute Gasteiger partial charge is 0.321 e. The van der Waals surface area contributed by atoms with Gasteiger partial charge in [-0.1, -0.05) is 0 Å². The van der Waals surface area contributed by atoms with E-state index in [4.69, 9.17) is 9.84 Å². The number of carboxylic acid groups (broad SMARTS) is 1. The minimum atomic E-state index is -3.85. The van der Waals surface area contributed by atoms with Crippen LogP contribution in [0.2, 0.25) is 0 Å². The van der Waals surface area contributed by atoms with E-state index in [1.807, 2.05) is 6.92 Å². The van der Waals surface area contributed by atoms with E-state index in [-0.39, 0.29) is 4.90 Å². The van der Waals surface area contributed by atoms with Gasteiger partial charge in [0.25, 0.3) is 0 Å². The van der Waals surface area contributed by atoms with Crippen LogP contribution in [0.3, 0.4) is 0 Å². The molecule has 0 amide bonds. The first-order valence-electron chi connectivity index (χ1n) is 5.76. The summed E-state index contributed by atoms with van der Waals surface area (Å²) in [7, 11) is -3.85. The minimum absolute atomic E-state index is 0.0153. The van der Waals surface area contributed by atoms with E-state index >= 15 is 0 Å². The Bertz CT molecular complexity index is 567. The Morgan fingerprint density at radius 3 is 2.58 bits per heavy atom. The molecule has 1 rings (SSSR count). The molecule has 0 unspecified atom stereocenters. The average molecular weight is 287 g/mol. The lowest BCUT2D eigenvalue weighted by atomic mass is 10.2. The van der Waals surface area contributed by atoms with Gasteiger partial charge < -0.3 is 9.84 Å². The zero-order chi connectivity index (χ0) is 14.6. The molecule has 0 heterocycles. The molecule has 0 aliphatic rings. The van der Waals surface area contributed by atoms with Gasteiger partial charge >= 0.3 is 5.97 Å². The fraction of sp³-hybridized carbons (Fsp3) is 0.417. The van der Waals surface area contributed by atoms with Gasteiger partial charge in [-0.25, -0.2) is 8.42 Å². The first-order chi connectivity index (χ1) is 8.77. The topological polar surface area (TPSA) is 92.7 Å². The molecule has 0 bridgehead atoms. The van der Waals surface area contributed by atoms with Gasteiger partial charge in [0.1, 0.15) is 11.8 Å². The Labute approximate surface area is 112 Å².